The Morgan fingerprint density at radius 3 is 2.71 bits per heavy atom. The van der Waals surface area contributed by atoms with Crippen molar-refractivity contribution in [1.29, 1.82) is 0 Å². The Balaban J connectivity index is 1.67. The van der Waals surface area contributed by atoms with Crippen molar-refractivity contribution in [2.45, 2.75) is 38.5 Å². The van der Waals surface area contributed by atoms with Crippen molar-refractivity contribution in [2.24, 2.45) is 0 Å². The van der Waals surface area contributed by atoms with Gasteiger partial charge in [-0.3, -0.25) is 4.79 Å². The van der Waals surface area contributed by atoms with Crippen molar-refractivity contribution >= 4 is 5.91 Å². The highest BCUT2D eigenvalue weighted by Gasteiger charge is 2.23. The van der Waals surface area contributed by atoms with Crippen LogP contribution in [-0.4, -0.2) is 24.5 Å². The molecule has 4 heteroatoms. The molecule has 1 aliphatic rings. The molecule has 1 amide bonds. The fraction of sp³-hybridized carbons (Fsp3) is 0.350. The first-order valence-electron chi connectivity index (χ1n) is 8.54. The molecule has 1 fully saturated rings. The van der Waals surface area contributed by atoms with Crippen molar-refractivity contribution in [3.63, 3.8) is 0 Å². The lowest BCUT2D eigenvalue weighted by Crippen LogP contribution is -2.52. The molecule has 2 unspecified atom stereocenters. The maximum Gasteiger partial charge on any atom is 0.251 e. The average Bonchev–Trinajstić information content (AvgIpc) is 2.63. The third-order valence-corrected chi connectivity index (χ3v) is 4.48. The maximum absolute atomic E-state index is 12.7. The van der Waals surface area contributed by atoms with Crippen LogP contribution in [0.3, 0.4) is 0 Å². The molecule has 3 rings (SSSR count). The maximum atomic E-state index is 12.7. The van der Waals surface area contributed by atoms with Crippen LogP contribution in [0.5, 0.6) is 5.75 Å². The fourth-order valence-corrected chi connectivity index (χ4v) is 3.03. The molecular formula is C20H24N2O2. The predicted octanol–water partition coefficient (Wildman–Crippen LogP) is 3.14. The van der Waals surface area contributed by atoms with E-state index in [1.165, 1.54) is 0 Å². The second-order valence-corrected chi connectivity index (χ2v) is 6.22. The molecule has 0 saturated carbocycles. The summed E-state index contributed by atoms with van der Waals surface area (Å²) in [7, 11) is 0. The highest BCUT2D eigenvalue weighted by molar-refractivity contribution is 5.95. The Kier molecular flexibility index (Phi) is 5.49. The number of amides is 1. The Morgan fingerprint density at radius 2 is 1.92 bits per heavy atom. The first kappa shape index (κ1) is 16.5. The smallest absolute Gasteiger partial charge is 0.251 e. The minimum atomic E-state index is -0.0252. The molecule has 0 spiro atoms. The van der Waals surface area contributed by atoms with Gasteiger partial charge in [0, 0.05) is 23.2 Å². The largest absolute Gasteiger partial charge is 0.489 e. The van der Waals surface area contributed by atoms with Crippen molar-refractivity contribution in [3.8, 4) is 5.75 Å². The normalized spacial score (nSPS) is 20.4. The molecule has 2 aromatic rings. The number of carbonyl (C=O) groups excluding carboxylic acids is 1. The van der Waals surface area contributed by atoms with Gasteiger partial charge in [0.25, 0.3) is 5.91 Å². The van der Waals surface area contributed by atoms with Gasteiger partial charge < -0.3 is 15.4 Å². The molecule has 2 aromatic carbocycles. The summed E-state index contributed by atoms with van der Waals surface area (Å²) in [4.78, 5) is 12.7. The van der Waals surface area contributed by atoms with E-state index < -0.39 is 0 Å². The van der Waals surface area contributed by atoms with Gasteiger partial charge in [0.2, 0.25) is 0 Å². The lowest BCUT2D eigenvalue weighted by Gasteiger charge is -2.30. The van der Waals surface area contributed by atoms with Crippen molar-refractivity contribution in [2.75, 3.05) is 6.54 Å². The van der Waals surface area contributed by atoms with Gasteiger partial charge in [-0.05, 0) is 44.5 Å². The standard InChI is InChI=1S/C20H24N2O2/c1-15-19(12-7-13-21-15)22-20(23)18-11-6-5-8-16(18)14-24-17-9-3-2-4-10-17/h2-6,8-11,15,19,21H,7,12-14H2,1H3,(H,22,23). The van der Waals surface area contributed by atoms with Crippen LogP contribution in [0, 0.1) is 0 Å². The zero-order valence-corrected chi connectivity index (χ0v) is 14.0. The number of rotatable bonds is 5. The van der Waals surface area contributed by atoms with Crippen molar-refractivity contribution in [3.05, 3.63) is 65.7 Å². The lowest BCUT2D eigenvalue weighted by molar-refractivity contribution is 0.0917. The van der Waals surface area contributed by atoms with E-state index in [2.05, 4.69) is 17.6 Å². The highest BCUT2D eigenvalue weighted by Crippen LogP contribution is 2.16. The van der Waals surface area contributed by atoms with Gasteiger partial charge in [-0.1, -0.05) is 36.4 Å². The summed E-state index contributed by atoms with van der Waals surface area (Å²) in [6.45, 7) is 3.52. The van der Waals surface area contributed by atoms with E-state index in [-0.39, 0.29) is 11.9 Å². The summed E-state index contributed by atoms with van der Waals surface area (Å²) in [6.07, 6.45) is 2.11. The molecule has 0 aromatic heterocycles. The molecule has 0 bridgehead atoms. The summed E-state index contributed by atoms with van der Waals surface area (Å²) < 4.78 is 5.80. The van der Waals surface area contributed by atoms with Gasteiger partial charge in [-0.2, -0.15) is 0 Å². The lowest BCUT2D eigenvalue weighted by atomic mass is 9.99. The van der Waals surface area contributed by atoms with Gasteiger partial charge in [0.1, 0.15) is 12.4 Å². The van der Waals surface area contributed by atoms with Gasteiger partial charge in [-0.25, -0.2) is 0 Å². The predicted molar refractivity (Wildman–Crippen MR) is 95.2 cm³/mol. The monoisotopic (exact) mass is 324 g/mol. The minimum absolute atomic E-state index is 0.0252. The van der Waals surface area contributed by atoms with Crippen molar-refractivity contribution in [1.82, 2.24) is 10.6 Å². The van der Waals surface area contributed by atoms with E-state index in [4.69, 9.17) is 4.74 Å². The minimum Gasteiger partial charge on any atom is -0.489 e. The third-order valence-electron chi connectivity index (χ3n) is 4.48. The molecule has 1 aliphatic heterocycles. The zero-order valence-electron chi connectivity index (χ0n) is 14.0. The van der Waals surface area contributed by atoms with Crippen LogP contribution < -0.4 is 15.4 Å². The number of hydrogen-bond acceptors (Lipinski definition) is 3. The summed E-state index contributed by atoms with van der Waals surface area (Å²) in [6, 6.07) is 17.8. The number of piperidine rings is 1. The molecule has 1 heterocycles. The van der Waals surface area contributed by atoms with Crippen LogP contribution >= 0.6 is 0 Å². The van der Waals surface area contributed by atoms with Gasteiger partial charge >= 0.3 is 0 Å². The first-order chi connectivity index (χ1) is 11.7. The molecule has 1 saturated heterocycles. The highest BCUT2D eigenvalue weighted by atomic mass is 16.5. The number of nitrogens with one attached hydrogen (secondary N) is 2. The molecule has 2 atom stereocenters. The second-order valence-electron chi connectivity index (χ2n) is 6.22. The van der Waals surface area contributed by atoms with Crippen LogP contribution in [0.25, 0.3) is 0 Å². The average molecular weight is 324 g/mol. The Hall–Kier alpha value is -2.33. The third kappa shape index (κ3) is 4.15. The summed E-state index contributed by atoms with van der Waals surface area (Å²) >= 11 is 0. The van der Waals surface area contributed by atoms with E-state index in [0.717, 1.165) is 30.7 Å². The quantitative estimate of drug-likeness (QED) is 0.888. The summed E-state index contributed by atoms with van der Waals surface area (Å²) in [5, 5.41) is 6.58. The number of para-hydroxylation sites is 1. The fourth-order valence-electron chi connectivity index (χ4n) is 3.03. The van der Waals surface area contributed by atoms with Crippen molar-refractivity contribution < 1.29 is 9.53 Å². The van der Waals surface area contributed by atoms with Crippen LogP contribution in [-0.2, 0) is 6.61 Å². The van der Waals surface area contributed by atoms with E-state index in [9.17, 15) is 4.79 Å². The molecule has 2 N–H and O–H groups in total. The summed E-state index contributed by atoms with van der Waals surface area (Å²) in [5.41, 5.74) is 1.58. The Bertz CT molecular complexity index is 672. The molecule has 126 valence electrons. The number of ether oxygens (including phenoxy) is 1. The van der Waals surface area contributed by atoms with Crippen LogP contribution in [0.4, 0.5) is 0 Å². The van der Waals surface area contributed by atoms with E-state index in [1.807, 2.05) is 54.6 Å². The van der Waals surface area contributed by atoms with Gasteiger partial charge in [-0.15, -0.1) is 0 Å². The Labute approximate surface area is 143 Å². The molecule has 24 heavy (non-hydrogen) atoms. The number of benzene rings is 2. The van der Waals surface area contributed by atoms with Gasteiger partial charge in [0.05, 0.1) is 0 Å². The molecular weight excluding hydrogens is 300 g/mol. The van der Waals surface area contributed by atoms with Crippen LogP contribution in [0.15, 0.2) is 54.6 Å². The van der Waals surface area contributed by atoms with E-state index in [0.29, 0.717) is 18.2 Å². The topological polar surface area (TPSA) is 50.4 Å². The number of carbonyl (C=O) groups is 1. The zero-order chi connectivity index (χ0) is 16.8. The van der Waals surface area contributed by atoms with E-state index in [1.54, 1.807) is 0 Å². The first-order valence-corrected chi connectivity index (χ1v) is 8.54. The summed E-state index contributed by atoms with van der Waals surface area (Å²) in [5.74, 6) is 0.778. The van der Waals surface area contributed by atoms with E-state index >= 15 is 0 Å². The van der Waals surface area contributed by atoms with Gasteiger partial charge in [0.15, 0.2) is 0 Å². The molecule has 0 radical (unpaired) electrons. The van der Waals surface area contributed by atoms with Crippen LogP contribution in [0.2, 0.25) is 0 Å². The second kappa shape index (κ2) is 7.97. The SMILES string of the molecule is CC1NCCCC1NC(=O)c1ccccc1COc1ccccc1. The molecule has 0 aliphatic carbocycles. The van der Waals surface area contributed by atoms with Crippen LogP contribution in [0.1, 0.15) is 35.7 Å². The molecule has 4 nitrogen and oxygen atoms in total. The Morgan fingerprint density at radius 1 is 1.17 bits per heavy atom. The number of hydrogen-bond donors (Lipinski definition) is 2.